The van der Waals surface area contributed by atoms with Crippen LogP contribution in [-0.4, -0.2) is 19.9 Å². The number of rotatable bonds is 3. The SMILES string of the molecule is OCc1nnc(-c2ccc(F)cc2Cl)n1-c1ccccc1. The summed E-state index contributed by atoms with van der Waals surface area (Å²) in [6.45, 7) is -0.263. The Morgan fingerprint density at radius 2 is 1.86 bits per heavy atom. The van der Waals surface area contributed by atoms with E-state index in [-0.39, 0.29) is 11.6 Å². The van der Waals surface area contributed by atoms with Crippen molar-refractivity contribution < 1.29 is 9.50 Å². The van der Waals surface area contributed by atoms with E-state index >= 15 is 0 Å². The van der Waals surface area contributed by atoms with Crippen LogP contribution in [0.4, 0.5) is 4.39 Å². The summed E-state index contributed by atoms with van der Waals surface area (Å²) in [6.07, 6.45) is 0. The molecule has 1 heterocycles. The fraction of sp³-hybridized carbons (Fsp3) is 0.0667. The van der Waals surface area contributed by atoms with E-state index in [2.05, 4.69) is 10.2 Å². The molecule has 0 spiro atoms. The van der Waals surface area contributed by atoms with Gasteiger partial charge in [-0.2, -0.15) is 0 Å². The maximum Gasteiger partial charge on any atom is 0.170 e. The molecule has 2 aromatic carbocycles. The van der Waals surface area contributed by atoms with Crippen molar-refractivity contribution in [2.24, 2.45) is 0 Å². The van der Waals surface area contributed by atoms with Crippen LogP contribution < -0.4 is 0 Å². The van der Waals surface area contributed by atoms with Gasteiger partial charge in [0.2, 0.25) is 0 Å². The summed E-state index contributed by atoms with van der Waals surface area (Å²) in [5.41, 5.74) is 1.34. The molecule has 4 nitrogen and oxygen atoms in total. The number of nitrogens with zero attached hydrogens (tertiary/aromatic N) is 3. The van der Waals surface area contributed by atoms with Crippen molar-refractivity contribution in [2.75, 3.05) is 0 Å². The Labute approximate surface area is 125 Å². The minimum Gasteiger partial charge on any atom is -0.388 e. The van der Waals surface area contributed by atoms with E-state index < -0.39 is 5.82 Å². The van der Waals surface area contributed by atoms with Crippen molar-refractivity contribution in [2.45, 2.75) is 6.61 Å². The minimum absolute atomic E-state index is 0.240. The van der Waals surface area contributed by atoms with Gasteiger partial charge in [-0.25, -0.2) is 4.39 Å². The lowest BCUT2D eigenvalue weighted by Gasteiger charge is -2.10. The fourth-order valence-electron chi connectivity index (χ4n) is 2.11. The van der Waals surface area contributed by atoms with Crippen molar-refractivity contribution in [1.82, 2.24) is 14.8 Å². The molecular weight excluding hydrogens is 293 g/mol. The van der Waals surface area contributed by atoms with Crippen LogP contribution in [0, 0.1) is 5.82 Å². The second kappa shape index (κ2) is 5.63. The van der Waals surface area contributed by atoms with Crippen molar-refractivity contribution in [3.63, 3.8) is 0 Å². The number of hydrogen-bond donors (Lipinski definition) is 1. The van der Waals surface area contributed by atoms with Gasteiger partial charge in [0.05, 0.1) is 5.02 Å². The van der Waals surface area contributed by atoms with Crippen molar-refractivity contribution >= 4 is 11.6 Å². The van der Waals surface area contributed by atoms with E-state index in [1.807, 2.05) is 30.3 Å². The first kappa shape index (κ1) is 13.7. The van der Waals surface area contributed by atoms with Crippen LogP contribution in [0.25, 0.3) is 17.1 Å². The summed E-state index contributed by atoms with van der Waals surface area (Å²) >= 11 is 6.09. The number of hydrogen-bond acceptors (Lipinski definition) is 3. The van der Waals surface area contributed by atoms with Crippen LogP contribution in [0.15, 0.2) is 48.5 Å². The Morgan fingerprint density at radius 1 is 1.10 bits per heavy atom. The van der Waals surface area contributed by atoms with Gasteiger partial charge in [-0.3, -0.25) is 4.57 Å². The van der Waals surface area contributed by atoms with Crippen molar-refractivity contribution in [3.8, 4) is 17.1 Å². The molecule has 0 bridgehead atoms. The molecule has 0 fully saturated rings. The molecule has 0 aliphatic heterocycles. The van der Waals surface area contributed by atoms with Crippen LogP contribution in [0.2, 0.25) is 5.02 Å². The topological polar surface area (TPSA) is 50.9 Å². The van der Waals surface area contributed by atoms with E-state index in [0.717, 1.165) is 5.69 Å². The molecule has 6 heteroatoms. The molecule has 0 aliphatic rings. The zero-order valence-electron chi connectivity index (χ0n) is 10.9. The first-order valence-corrected chi connectivity index (χ1v) is 6.64. The predicted molar refractivity (Wildman–Crippen MR) is 77.7 cm³/mol. The average molecular weight is 304 g/mol. The first-order valence-electron chi connectivity index (χ1n) is 6.26. The maximum atomic E-state index is 13.2. The van der Waals surface area contributed by atoms with Gasteiger partial charge in [0, 0.05) is 11.3 Å². The highest BCUT2D eigenvalue weighted by atomic mass is 35.5. The molecular formula is C15H11ClFN3O. The summed E-state index contributed by atoms with van der Waals surface area (Å²) < 4.78 is 14.9. The molecule has 0 atom stereocenters. The minimum atomic E-state index is -0.420. The lowest BCUT2D eigenvalue weighted by Crippen LogP contribution is -2.03. The number of para-hydroxylation sites is 1. The van der Waals surface area contributed by atoms with Gasteiger partial charge in [-0.1, -0.05) is 29.8 Å². The largest absolute Gasteiger partial charge is 0.388 e. The highest BCUT2D eigenvalue weighted by Gasteiger charge is 2.17. The molecule has 106 valence electrons. The van der Waals surface area contributed by atoms with Crippen LogP contribution >= 0.6 is 11.6 Å². The lowest BCUT2D eigenvalue weighted by atomic mass is 10.2. The molecule has 1 aromatic heterocycles. The first-order chi connectivity index (χ1) is 10.2. The van der Waals surface area contributed by atoms with Crippen LogP contribution in [-0.2, 0) is 6.61 Å². The van der Waals surface area contributed by atoms with Crippen LogP contribution in [0.5, 0.6) is 0 Å². The molecule has 3 aromatic rings. The van der Waals surface area contributed by atoms with Gasteiger partial charge < -0.3 is 5.11 Å². The van der Waals surface area contributed by atoms with Crippen LogP contribution in [0.1, 0.15) is 5.82 Å². The normalized spacial score (nSPS) is 10.8. The van der Waals surface area contributed by atoms with E-state index in [1.165, 1.54) is 12.1 Å². The Bertz CT molecular complexity index is 774. The molecule has 0 saturated carbocycles. The molecule has 0 radical (unpaired) electrons. The molecule has 3 rings (SSSR count). The molecule has 0 amide bonds. The van der Waals surface area contributed by atoms with E-state index in [1.54, 1.807) is 10.6 Å². The molecule has 0 saturated heterocycles. The van der Waals surface area contributed by atoms with Crippen molar-refractivity contribution in [3.05, 3.63) is 65.2 Å². The average Bonchev–Trinajstić information content (AvgIpc) is 2.92. The number of aliphatic hydroxyl groups is 1. The fourth-order valence-corrected chi connectivity index (χ4v) is 2.36. The standard InChI is InChI=1S/C15H11ClFN3O/c16-13-8-10(17)6-7-12(13)15-19-18-14(9-21)20(15)11-4-2-1-3-5-11/h1-8,21H,9H2. The number of benzene rings is 2. The number of halogens is 2. The Morgan fingerprint density at radius 3 is 2.52 bits per heavy atom. The Balaban J connectivity index is 2.22. The Kier molecular flexibility index (Phi) is 3.68. The highest BCUT2D eigenvalue weighted by Crippen LogP contribution is 2.29. The van der Waals surface area contributed by atoms with Gasteiger partial charge in [-0.15, -0.1) is 10.2 Å². The predicted octanol–water partition coefficient (Wildman–Crippen LogP) is 3.22. The van der Waals surface area contributed by atoms with Gasteiger partial charge in [-0.05, 0) is 30.3 Å². The van der Waals surface area contributed by atoms with Gasteiger partial charge in [0.1, 0.15) is 12.4 Å². The third-order valence-corrected chi connectivity index (χ3v) is 3.37. The molecule has 1 N–H and O–H groups in total. The number of aromatic nitrogens is 3. The highest BCUT2D eigenvalue weighted by molar-refractivity contribution is 6.33. The van der Waals surface area contributed by atoms with Gasteiger partial charge in [0.25, 0.3) is 0 Å². The summed E-state index contributed by atoms with van der Waals surface area (Å²) in [4.78, 5) is 0. The van der Waals surface area contributed by atoms with Crippen molar-refractivity contribution in [1.29, 1.82) is 0 Å². The van der Waals surface area contributed by atoms with E-state index in [4.69, 9.17) is 11.6 Å². The zero-order chi connectivity index (χ0) is 14.8. The molecule has 0 unspecified atom stereocenters. The van der Waals surface area contributed by atoms with Gasteiger partial charge in [0.15, 0.2) is 11.6 Å². The zero-order valence-corrected chi connectivity index (χ0v) is 11.6. The summed E-state index contributed by atoms with van der Waals surface area (Å²) in [5, 5.41) is 17.7. The third kappa shape index (κ3) is 2.53. The van der Waals surface area contributed by atoms with E-state index in [9.17, 15) is 9.50 Å². The second-order valence-corrected chi connectivity index (χ2v) is 4.80. The summed E-state index contributed by atoms with van der Waals surface area (Å²) in [5.74, 6) is 0.420. The molecule has 21 heavy (non-hydrogen) atoms. The monoisotopic (exact) mass is 303 g/mol. The lowest BCUT2D eigenvalue weighted by molar-refractivity contribution is 0.269. The summed E-state index contributed by atoms with van der Waals surface area (Å²) in [7, 11) is 0. The van der Waals surface area contributed by atoms with E-state index in [0.29, 0.717) is 17.2 Å². The Hall–Kier alpha value is -2.24. The van der Waals surface area contributed by atoms with Crippen LogP contribution in [0.3, 0.4) is 0 Å². The smallest absolute Gasteiger partial charge is 0.170 e. The summed E-state index contributed by atoms with van der Waals surface area (Å²) in [6, 6.07) is 13.4. The molecule has 0 aliphatic carbocycles. The third-order valence-electron chi connectivity index (χ3n) is 3.06. The number of aliphatic hydroxyl groups excluding tert-OH is 1. The second-order valence-electron chi connectivity index (χ2n) is 4.39. The quantitative estimate of drug-likeness (QED) is 0.808. The van der Waals surface area contributed by atoms with Gasteiger partial charge >= 0.3 is 0 Å². The maximum absolute atomic E-state index is 13.2.